The number of fused-ring (bicyclic) bond motifs is 1. The first-order chi connectivity index (χ1) is 14.0. The smallest absolute Gasteiger partial charge is 0.290 e. The maximum absolute atomic E-state index is 12.5. The molecule has 0 radical (unpaired) electrons. The van der Waals surface area contributed by atoms with Gasteiger partial charge in [-0.15, -0.1) is 0 Å². The van der Waals surface area contributed by atoms with E-state index in [2.05, 4.69) is 15.4 Å². The molecule has 3 aromatic rings. The number of ether oxygens (including phenoxy) is 2. The standard InChI is InChI=1S/C19H22N4O3.CH2O2/c1-4-8-26-18-13(6-5-7-17(18)25-3)10-21-19(24)14-9-16-15(20-11-14)12-22-23(16)2;2-1-3/h5-7,9,11-12H,4,8,10H2,1-3H3,(H,21,24);1H,(H,2,3). The van der Waals surface area contributed by atoms with Gasteiger partial charge in [0.25, 0.3) is 12.4 Å². The van der Waals surface area contributed by atoms with Crippen LogP contribution in [0, 0.1) is 0 Å². The molecule has 0 bridgehead atoms. The maximum atomic E-state index is 12.5. The Morgan fingerprint density at radius 2 is 2.10 bits per heavy atom. The van der Waals surface area contributed by atoms with E-state index in [-0.39, 0.29) is 12.4 Å². The lowest BCUT2D eigenvalue weighted by Gasteiger charge is -2.15. The van der Waals surface area contributed by atoms with E-state index < -0.39 is 0 Å². The van der Waals surface area contributed by atoms with Crippen LogP contribution in [0.2, 0.25) is 0 Å². The number of benzene rings is 1. The van der Waals surface area contributed by atoms with E-state index in [0.717, 1.165) is 23.0 Å². The number of nitrogens with zero attached hydrogens (tertiary/aromatic N) is 3. The molecule has 0 unspecified atom stereocenters. The number of carbonyl (C=O) groups is 2. The van der Waals surface area contributed by atoms with Crippen LogP contribution < -0.4 is 14.8 Å². The zero-order valence-electron chi connectivity index (χ0n) is 16.6. The highest BCUT2D eigenvalue weighted by Gasteiger charge is 2.13. The van der Waals surface area contributed by atoms with Crippen molar-refractivity contribution in [3.63, 3.8) is 0 Å². The molecule has 2 N–H and O–H groups in total. The van der Waals surface area contributed by atoms with E-state index in [0.29, 0.717) is 30.2 Å². The Balaban J connectivity index is 0.000000941. The Morgan fingerprint density at radius 3 is 2.79 bits per heavy atom. The number of pyridine rings is 1. The fourth-order valence-corrected chi connectivity index (χ4v) is 2.66. The number of carboxylic acid groups (broad SMARTS) is 1. The second kappa shape index (κ2) is 10.6. The zero-order chi connectivity index (χ0) is 21.2. The molecule has 29 heavy (non-hydrogen) atoms. The van der Waals surface area contributed by atoms with Gasteiger partial charge in [-0.05, 0) is 18.6 Å². The Labute approximate surface area is 168 Å². The molecule has 0 saturated heterocycles. The summed E-state index contributed by atoms with van der Waals surface area (Å²) in [6.45, 7) is 2.71. The molecular formula is C20H24N4O5. The molecule has 3 rings (SSSR count). The van der Waals surface area contributed by atoms with Crippen LogP contribution in [0.3, 0.4) is 0 Å². The summed E-state index contributed by atoms with van der Waals surface area (Å²) in [5.41, 5.74) is 2.92. The third-order valence-corrected chi connectivity index (χ3v) is 4.03. The Bertz CT molecular complexity index is 971. The second-order valence-electron chi connectivity index (χ2n) is 5.98. The summed E-state index contributed by atoms with van der Waals surface area (Å²) >= 11 is 0. The SMILES string of the molecule is CCCOc1c(CNC(=O)c2cnc3cnn(C)c3c2)cccc1OC.O=CO. The lowest BCUT2D eigenvalue weighted by Crippen LogP contribution is -2.23. The van der Waals surface area contributed by atoms with Gasteiger partial charge >= 0.3 is 0 Å². The van der Waals surface area contributed by atoms with Crippen molar-refractivity contribution in [3.8, 4) is 11.5 Å². The highest BCUT2D eigenvalue weighted by Crippen LogP contribution is 2.31. The van der Waals surface area contributed by atoms with Crippen LogP contribution in [0.5, 0.6) is 11.5 Å². The predicted octanol–water partition coefficient (Wildman–Crippen LogP) is 2.40. The minimum atomic E-state index is -0.250. The predicted molar refractivity (Wildman–Crippen MR) is 107 cm³/mol. The average molecular weight is 400 g/mol. The van der Waals surface area contributed by atoms with Gasteiger partial charge < -0.3 is 19.9 Å². The molecule has 0 aliphatic carbocycles. The van der Waals surface area contributed by atoms with Crippen molar-refractivity contribution in [1.29, 1.82) is 0 Å². The number of carbonyl (C=O) groups excluding carboxylic acids is 1. The molecular weight excluding hydrogens is 376 g/mol. The molecule has 9 nitrogen and oxygen atoms in total. The van der Waals surface area contributed by atoms with Gasteiger partial charge in [0.05, 0.1) is 31.0 Å². The highest BCUT2D eigenvalue weighted by molar-refractivity contribution is 5.96. The van der Waals surface area contributed by atoms with Crippen molar-refractivity contribution >= 4 is 23.4 Å². The van der Waals surface area contributed by atoms with Gasteiger partial charge in [0.2, 0.25) is 0 Å². The lowest BCUT2D eigenvalue weighted by atomic mass is 10.1. The number of hydrogen-bond acceptors (Lipinski definition) is 6. The van der Waals surface area contributed by atoms with Gasteiger partial charge in [0.15, 0.2) is 11.5 Å². The monoisotopic (exact) mass is 400 g/mol. The normalized spacial score (nSPS) is 10.0. The first-order valence-electron chi connectivity index (χ1n) is 8.98. The maximum Gasteiger partial charge on any atom is 0.290 e. The molecule has 2 aromatic heterocycles. The summed E-state index contributed by atoms with van der Waals surface area (Å²) in [6, 6.07) is 7.42. The topological polar surface area (TPSA) is 116 Å². The summed E-state index contributed by atoms with van der Waals surface area (Å²) < 4.78 is 12.9. The van der Waals surface area contributed by atoms with Crippen LogP contribution in [0.15, 0.2) is 36.7 Å². The van der Waals surface area contributed by atoms with Gasteiger partial charge in [-0.3, -0.25) is 19.3 Å². The van der Waals surface area contributed by atoms with Gasteiger partial charge in [-0.2, -0.15) is 5.10 Å². The Kier molecular flexibility index (Phi) is 7.96. The zero-order valence-corrected chi connectivity index (χ0v) is 16.6. The fourth-order valence-electron chi connectivity index (χ4n) is 2.66. The number of nitrogens with one attached hydrogen (secondary N) is 1. The number of aromatic nitrogens is 3. The molecule has 2 heterocycles. The molecule has 0 aliphatic rings. The summed E-state index contributed by atoms with van der Waals surface area (Å²) in [5.74, 6) is 1.12. The number of hydrogen-bond donors (Lipinski definition) is 2. The summed E-state index contributed by atoms with van der Waals surface area (Å²) in [6.07, 6.45) is 4.12. The molecule has 9 heteroatoms. The fraction of sp³-hybridized carbons (Fsp3) is 0.300. The number of methoxy groups -OCH3 is 1. The van der Waals surface area contributed by atoms with Gasteiger partial charge in [0, 0.05) is 25.4 Å². The molecule has 0 aliphatic heterocycles. The first kappa shape index (κ1) is 21.7. The van der Waals surface area contributed by atoms with Gasteiger partial charge in [-0.25, -0.2) is 0 Å². The molecule has 1 aromatic carbocycles. The van der Waals surface area contributed by atoms with Crippen LogP contribution in [0.1, 0.15) is 29.3 Å². The van der Waals surface area contributed by atoms with E-state index >= 15 is 0 Å². The lowest BCUT2D eigenvalue weighted by molar-refractivity contribution is -0.122. The third kappa shape index (κ3) is 5.44. The number of aryl methyl sites for hydroxylation is 1. The largest absolute Gasteiger partial charge is 0.493 e. The third-order valence-electron chi connectivity index (χ3n) is 4.03. The van der Waals surface area contributed by atoms with Crippen molar-refractivity contribution < 1.29 is 24.2 Å². The highest BCUT2D eigenvalue weighted by atomic mass is 16.5. The second-order valence-corrected chi connectivity index (χ2v) is 5.98. The molecule has 0 atom stereocenters. The van der Waals surface area contributed by atoms with Gasteiger partial charge in [-0.1, -0.05) is 19.1 Å². The summed E-state index contributed by atoms with van der Waals surface area (Å²) in [4.78, 5) is 25.2. The van der Waals surface area contributed by atoms with Crippen molar-refractivity contribution in [2.75, 3.05) is 13.7 Å². The molecule has 154 valence electrons. The minimum absolute atomic E-state index is 0.204. The number of rotatable bonds is 7. The van der Waals surface area contributed by atoms with E-state index in [1.807, 2.05) is 32.2 Å². The quantitative estimate of drug-likeness (QED) is 0.585. The Morgan fingerprint density at radius 1 is 1.34 bits per heavy atom. The molecule has 1 amide bonds. The van der Waals surface area contributed by atoms with Crippen LogP contribution in [-0.4, -0.2) is 46.0 Å². The van der Waals surface area contributed by atoms with E-state index in [1.54, 1.807) is 30.3 Å². The van der Waals surface area contributed by atoms with Crippen molar-refractivity contribution in [3.05, 3.63) is 47.8 Å². The first-order valence-corrected chi connectivity index (χ1v) is 8.98. The summed E-state index contributed by atoms with van der Waals surface area (Å²) in [7, 11) is 3.42. The van der Waals surface area contributed by atoms with E-state index in [4.69, 9.17) is 19.4 Å². The van der Waals surface area contributed by atoms with E-state index in [9.17, 15) is 4.79 Å². The molecule has 0 spiro atoms. The van der Waals surface area contributed by atoms with Crippen LogP contribution in [0.25, 0.3) is 11.0 Å². The average Bonchev–Trinajstić information content (AvgIpc) is 3.11. The van der Waals surface area contributed by atoms with Crippen LogP contribution >= 0.6 is 0 Å². The van der Waals surface area contributed by atoms with Crippen LogP contribution in [0.4, 0.5) is 0 Å². The van der Waals surface area contributed by atoms with Crippen LogP contribution in [-0.2, 0) is 18.4 Å². The Hall–Kier alpha value is -3.62. The van der Waals surface area contributed by atoms with Crippen molar-refractivity contribution in [1.82, 2.24) is 20.1 Å². The van der Waals surface area contributed by atoms with Crippen molar-refractivity contribution in [2.24, 2.45) is 7.05 Å². The number of para-hydroxylation sites is 1. The molecule has 0 fully saturated rings. The molecule has 0 saturated carbocycles. The van der Waals surface area contributed by atoms with Gasteiger partial charge in [0.1, 0.15) is 5.52 Å². The number of amides is 1. The summed E-state index contributed by atoms with van der Waals surface area (Å²) in [5, 5.41) is 13.9. The van der Waals surface area contributed by atoms with E-state index in [1.165, 1.54) is 0 Å². The minimum Gasteiger partial charge on any atom is -0.493 e. The van der Waals surface area contributed by atoms with Crippen molar-refractivity contribution in [2.45, 2.75) is 19.9 Å².